The van der Waals surface area contributed by atoms with E-state index < -0.39 is 9.84 Å². The molecule has 2 heterocycles. The van der Waals surface area contributed by atoms with Gasteiger partial charge in [-0.2, -0.15) is 0 Å². The van der Waals surface area contributed by atoms with Gasteiger partial charge >= 0.3 is 0 Å². The molecule has 0 spiro atoms. The Kier molecular flexibility index (Phi) is 2.66. The Labute approximate surface area is 83.4 Å². The highest BCUT2D eigenvalue weighted by molar-refractivity contribution is 8.07. The predicted molar refractivity (Wildman–Crippen MR) is 54.8 cm³/mol. The van der Waals surface area contributed by atoms with Crippen LogP contribution in [0.25, 0.3) is 0 Å². The maximum atomic E-state index is 11.0. The highest BCUT2D eigenvalue weighted by Gasteiger charge is 2.16. The lowest BCUT2D eigenvalue weighted by atomic mass is 10.3. The summed E-state index contributed by atoms with van der Waals surface area (Å²) in [6, 6.07) is 0. The van der Waals surface area contributed by atoms with Crippen LogP contribution < -0.4 is 5.32 Å². The van der Waals surface area contributed by atoms with Crippen LogP contribution in [0.15, 0.2) is 16.1 Å². The molecule has 0 unspecified atom stereocenters. The van der Waals surface area contributed by atoms with E-state index in [-0.39, 0.29) is 0 Å². The zero-order valence-electron chi connectivity index (χ0n) is 7.81. The minimum atomic E-state index is -3.14. The maximum absolute atomic E-state index is 11.0. The average molecular weight is 215 g/mol. The summed E-state index contributed by atoms with van der Waals surface area (Å²) in [5, 5.41) is 4.48. The van der Waals surface area contributed by atoms with Gasteiger partial charge in [0.15, 0.2) is 0 Å². The molecule has 0 aromatic rings. The molecule has 1 fully saturated rings. The topological polar surface area (TPSA) is 61.8 Å². The fourth-order valence-corrected chi connectivity index (χ4v) is 2.43. The summed E-state index contributed by atoms with van der Waals surface area (Å²) in [6.45, 7) is 4.46. The van der Waals surface area contributed by atoms with E-state index in [1.165, 1.54) is 5.41 Å². The van der Waals surface area contributed by atoms with E-state index in [9.17, 15) is 8.42 Å². The van der Waals surface area contributed by atoms with E-state index in [2.05, 4.69) is 15.2 Å². The first-order chi connectivity index (χ1) is 6.66. The molecule has 0 aromatic heterocycles. The van der Waals surface area contributed by atoms with Crippen molar-refractivity contribution in [2.75, 3.05) is 32.7 Å². The lowest BCUT2D eigenvalue weighted by Crippen LogP contribution is -2.43. The molecule has 6 heteroatoms. The Morgan fingerprint density at radius 2 is 2.14 bits per heavy atom. The van der Waals surface area contributed by atoms with Crippen LogP contribution in [0.4, 0.5) is 0 Å². The third-order valence-corrected chi connectivity index (χ3v) is 3.26. The molecule has 0 radical (unpaired) electrons. The maximum Gasteiger partial charge on any atom is 0.211 e. The third kappa shape index (κ3) is 2.40. The Hall–Kier alpha value is -0.720. The molecule has 0 saturated carbocycles. The molecule has 0 aromatic carbocycles. The van der Waals surface area contributed by atoms with Crippen molar-refractivity contribution in [3.8, 4) is 0 Å². The first-order valence-electron chi connectivity index (χ1n) is 4.58. The average Bonchev–Trinajstić information content (AvgIpc) is 2.47. The standard InChI is InChI=1S/C8H13N3O2S/c12-14(13)6-8(10-7-14)5-11-3-1-9-2-4-11/h6-7,9H,1-5H2. The predicted octanol–water partition coefficient (Wildman–Crippen LogP) is -0.810. The van der Waals surface area contributed by atoms with Crippen LogP contribution in [0.5, 0.6) is 0 Å². The fraction of sp³-hybridized carbons (Fsp3) is 0.625. The van der Waals surface area contributed by atoms with Gasteiger partial charge in [-0.15, -0.1) is 0 Å². The normalized spacial score (nSPS) is 26.4. The van der Waals surface area contributed by atoms with Crippen molar-refractivity contribution in [3.63, 3.8) is 0 Å². The molecule has 2 aliphatic heterocycles. The van der Waals surface area contributed by atoms with Crippen molar-refractivity contribution < 1.29 is 8.42 Å². The zero-order valence-corrected chi connectivity index (χ0v) is 8.63. The number of sulfone groups is 1. The Morgan fingerprint density at radius 3 is 2.71 bits per heavy atom. The van der Waals surface area contributed by atoms with Gasteiger partial charge in [0.1, 0.15) is 5.55 Å². The SMILES string of the molecule is O=S1(=O)C=NC(CN2CCNCC2)=C1. The van der Waals surface area contributed by atoms with E-state index in [1.807, 2.05) is 0 Å². The Bertz CT molecular complexity index is 366. The quantitative estimate of drug-likeness (QED) is 0.654. The van der Waals surface area contributed by atoms with Crippen LogP contribution in [0, 0.1) is 0 Å². The Balaban J connectivity index is 1.96. The van der Waals surface area contributed by atoms with Gasteiger partial charge in [0, 0.05) is 32.7 Å². The number of nitrogens with zero attached hydrogens (tertiary/aromatic N) is 2. The second-order valence-electron chi connectivity index (χ2n) is 3.46. The lowest BCUT2D eigenvalue weighted by molar-refractivity contribution is 0.259. The number of hydrogen-bond donors (Lipinski definition) is 1. The molecule has 2 rings (SSSR count). The van der Waals surface area contributed by atoms with E-state index in [0.717, 1.165) is 31.7 Å². The van der Waals surface area contributed by atoms with Gasteiger partial charge in [0.2, 0.25) is 9.84 Å². The fourth-order valence-electron chi connectivity index (χ4n) is 1.57. The summed E-state index contributed by atoms with van der Waals surface area (Å²) in [4.78, 5) is 6.06. The molecule has 2 aliphatic rings. The summed E-state index contributed by atoms with van der Waals surface area (Å²) in [5.41, 5.74) is 1.66. The lowest BCUT2D eigenvalue weighted by Gasteiger charge is -2.26. The van der Waals surface area contributed by atoms with Gasteiger partial charge in [-0.1, -0.05) is 0 Å². The van der Waals surface area contributed by atoms with Crippen molar-refractivity contribution in [2.24, 2.45) is 4.99 Å². The van der Waals surface area contributed by atoms with Gasteiger partial charge < -0.3 is 5.32 Å². The van der Waals surface area contributed by atoms with Gasteiger partial charge in [0.25, 0.3) is 0 Å². The van der Waals surface area contributed by atoms with E-state index >= 15 is 0 Å². The second-order valence-corrected chi connectivity index (χ2v) is 5.08. The van der Waals surface area contributed by atoms with Crippen LogP contribution in [0.1, 0.15) is 0 Å². The van der Waals surface area contributed by atoms with E-state index in [1.54, 1.807) is 0 Å². The van der Waals surface area contributed by atoms with Crippen molar-refractivity contribution in [1.29, 1.82) is 0 Å². The molecule has 0 atom stereocenters. The molecular weight excluding hydrogens is 202 g/mol. The van der Waals surface area contributed by atoms with Crippen molar-refractivity contribution in [2.45, 2.75) is 0 Å². The third-order valence-electron chi connectivity index (χ3n) is 2.26. The van der Waals surface area contributed by atoms with Crippen LogP contribution in [-0.2, 0) is 9.84 Å². The first kappa shape index (κ1) is 9.82. The summed E-state index contributed by atoms with van der Waals surface area (Å²) >= 11 is 0. The summed E-state index contributed by atoms with van der Waals surface area (Å²) in [6.07, 6.45) is 0. The number of nitrogens with one attached hydrogen (secondary N) is 1. The summed E-state index contributed by atoms with van der Waals surface area (Å²) in [5.74, 6) is 0. The molecule has 78 valence electrons. The minimum Gasteiger partial charge on any atom is -0.314 e. The minimum absolute atomic E-state index is 0.636. The smallest absolute Gasteiger partial charge is 0.211 e. The van der Waals surface area contributed by atoms with Gasteiger partial charge in [-0.05, 0) is 0 Å². The first-order valence-corrected chi connectivity index (χ1v) is 6.19. The highest BCUT2D eigenvalue weighted by Crippen LogP contribution is 2.10. The number of piperazine rings is 1. The number of hydrogen-bond acceptors (Lipinski definition) is 5. The number of aliphatic imine (C=N–C) groups is 1. The Morgan fingerprint density at radius 1 is 1.43 bits per heavy atom. The molecule has 0 aliphatic carbocycles. The van der Waals surface area contributed by atoms with Crippen molar-refractivity contribution in [1.82, 2.24) is 10.2 Å². The zero-order chi connectivity index (χ0) is 10.0. The molecule has 0 amide bonds. The molecule has 14 heavy (non-hydrogen) atoms. The monoisotopic (exact) mass is 215 g/mol. The van der Waals surface area contributed by atoms with Crippen molar-refractivity contribution >= 4 is 15.4 Å². The van der Waals surface area contributed by atoms with Crippen LogP contribution in [-0.4, -0.2) is 51.6 Å². The van der Waals surface area contributed by atoms with Crippen LogP contribution in [0.3, 0.4) is 0 Å². The van der Waals surface area contributed by atoms with Gasteiger partial charge in [-0.3, -0.25) is 4.90 Å². The summed E-state index contributed by atoms with van der Waals surface area (Å²) < 4.78 is 22.1. The molecule has 0 bridgehead atoms. The van der Waals surface area contributed by atoms with E-state index in [0.29, 0.717) is 12.2 Å². The number of rotatable bonds is 2. The highest BCUT2D eigenvalue weighted by atomic mass is 32.2. The van der Waals surface area contributed by atoms with Crippen molar-refractivity contribution in [3.05, 3.63) is 11.1 Å². The molecule has 5 nitrogen and oxygen atoms in total. The van der Waals surface area contributed by atoms with E-state index in [4.69, 9.17) is 0 Å². The van der Waals surface area contributed by atoms with Crippen LogP contribution in [0.2, 0.25) is 0 Å². The van der Waals surface area contributed by atoms with Gasteiger partial charge in [-0.25, -0.2) is 13.4 Å². The molecule has 1 saturated heterocycles. The largest absolute Gasteiger partial charge is 0.314 e. The van der Waals surface area contributed by atoms with Crippen LogP contribution >= 0.6 is 0 Å². The van der Waals surface area contributed by atoms with Gasteiger partial charge in [0.05, 0.1) is 11.1 Å². The molecular formula is C8H13N3O2S. The molecule has 1 N–H and O–H groups in total. The summed E-state index contributed by atoms with van der Waals surface area (Å²) in [7, 11) is -3.14. The second kappa shape index (κ2) is 3.80.